The van der Waals surface area contributed by atoms with E-state index in [0.717, 1.165) is 30.6 Å². The number of nitrogens with zero attached hydrogens (tertiary/aromatic N) is 5. The predicted molar refractivity (Wildman–Crippen MR) is 106 cm³/mol. The van der Waals surface area contributed by atoms with E-state index in [9.17, 15) is 23.1 Å². The first kappa shape index (κ1) is 20.1. The van der Waals surface area contributed by atoms with E-state index < -0.39 is 23.0 Å². The van der Waals surface area contributed by atoms with Gasteiger partial charge in [0.2, 0.25) is 5.95 Å². The van der Waals surface area contributed by atoms with Crippen LogP contribution in [0.5, 0.6) is 0 Å². The Bertz CT molecular complexity index is 1050. The molecule has 0 unspecified atom stereocenters. The highest BCUT2D eigenvalue weighted by Gasteiger charge is 2.46. The number of rotatable bonds is 4. The fraction of sp³-hybridized carbons (Fsp3) is 0.474. The molecule has 0 aromatic carbocycles. The van der Waals surface area contributed by atoms with Crippen molar-refractivity contribution in [1.82, 2.24) is 19.9 Å². The number of nitrogens with one attached hydrogen (secondary N) is 1. The molecule has 4 heterocycles. The minimum Gasteiger partial charge on any atom is -0.465 e. The van der Waals surface area contributed by atoms with Gasteiger partial charge in [0.1, 0.15) is 16.5 Å². The van der Waals surface area contributed by atoms with Crippen LogP contribution in [0.1, 0.15) is 36.3 Å². The Hall–Kier alpha value is -2.82. The van der Waals surface area contributed by atoms with Crippen molar-refractivity contribution in [2.45, 2.75) is 43.4 Å². The third-order valence-corrected chi connectivity index (χ3v) is 6.30. The summed E-state index contributed by atoms with van der Waals surface area (Å²) in [5, 5.41) is 11.6. The Morgan fingerprint density at radius 1 is 1.19 bits per heavy atom. The zero-order valence-corrected chi connectivity index (χ0v) is 16.9. The molecule has 1 saturated carbocycles. The molecule has 5 rings (SSSR count). The highest BCUT2D eigenvalue weighted by molar-refractivity contribution is 6.30. The molecule has 2 saturated heterocycles. The lowest BCUT2D eigenvalue weighted by Crippen LogP contribution is -2.48. The molecule has 2 aromatic heterocycles. The van der Waals surface area contributed by atoms with Gasteiger partial charge in [-0.05, 0) is 36.8 Å². The summed E-state index contributed by atoms with van der Waals surface area (Å²) in [6.07, 6.45) is -0.441. The first-order valence-corrected chi connectivity index (χ1v) is 10.2. The quantitative estimate of drug-likeness (QED) is 0.671. The topological polar surface area (TPSA) is 94.5 Å². The van der Waals surface area contributed by atoms with Crippen LogP contribution in [0.3, 0.4) is 0 Å². The van der Waals surface area contributed by atoms with Crippen LogP contribution >= 0.6 is 11.6 Å². The van der Waals surface area contributed by atoms with Gasteiger partial charge in [0.15, 0.2) is 0 Å². The Kier molecular flexibility index (Phi) is 4.61. The van der Waals surface area contributed by atoms with Crippen molar-refractivity contribution in [2.75, 3.05) is 23.3 Å². The molecule has 8 nitrogen and oxygen atoms in total. The highest BCUT2D eigenvalue weighted by atomic mass is 35.5. The van der Waals surface area contributed by atoms with Gasteiger partial charge in [0.25, 0.3) is 0 Å². The molecule has 2 bridgehead atoms. The molecule has 0 radical (unpaired) electrons. The molecule has 0 spiro atoms. The van der Waals surface area contributed by atoms with Crippen LogP contribution in [-0.4, -0.2) is 56.2 Å². The van der Waals surface area contributed by atoms with E-state index in [1.807, 2.05) is 6.07 Å². The number of carbonyl (C=O) groups is 1. The molecular formula is C19H18ClF3N6O2. The van der Waals surface area contributed by atoms with Gasteiger partial charge in [0, 0.05) is 19.3 Å². The first-order valence-electron chi connectivity index (χ1n) is 9.83. The summed E-state index contributed by atoms with van der Waals surface area (Å²) in [6.45, 7) is 1.05. The number of likely N-dealkylation sites (tertiary alicyclic amines) is 1. The van der Waals surface area contributed by atoms with E-state index in [0.29, 0.717) is 30.9 Å². The molecule has 31 heavy (non-hydrogen) atoms. The zero-order chi connectivity index (χ0) is 21.9. The van der Waals surface area contributed by atoms with E-state index in [4.69, 9.17) is 11.6 Å². The highest BCUT2D eigenvalue weighted by Crippen LogP contribution is 2.45. The second kappa shape index (κ2) is 7.11. The molecule has 2 atom stereocenters. The maximum absolute atomic E-state index is 12.9. The molecule has 2 aromatic rings. The zero-order valence-electron chi connectivity index (χ0n) is 16.1. The third-order valence-electron chi connectivity index (χ3n) is 6.01. The number of fused-ring (bicyclic) bond motifs is 2. The molecule has 12 heteroatoms. The van der Waals surface area contributed by atoms with Gasteiger partial charge >= 0.3 is 12.3 Å². The van der Waals surface area contributed by atoms with Crippen molar-refractivity contribution in [1.29, 1.82) is 0 Å². The number of piperazine rings is 1. The number of halogens is 4. The average molecular weight is 455 g/mol. The maximum atomic E-state index is 12.9. The number of pyridine rings is 1. The Morgan fingerprint density at radius 3 is 2.55 bits per heavy atom. The van der Waals surface area contributed by atoms with E-state index in [2.05, 4.69) is 25.2 Å². The number of hydrogen-bond donors (Lipinski definition) is 2. The first-order chi connectivity index (χ1) is 14.7. The van der Waals surface area contributed by atoms with Crippen LogP contribution in [0.25, 0.3) is 0 Å². The third kappa shape index (κ3) is 3.71. The standard InChI is InChI=1S/C19H18ClF3N6O2/c20-16-13(19(21,22)23)5-25-17(27-16)26-14-6-24-15(4-12(14)9-1-2-9)28-7-11-3-10(28)8-29(11)18(30)31/h4-6,9-11H,1-3,7-8H2,(H,30,31)(H,25,26,27)/t10-,11-/m1/s1. The molecule has 3 fully saturated rings. The van der Waals surface area contributed by atoms with E-state index in [1.54, 1.807) is 6.20 Å². The smallest absolute Gasteiger partial charge is 0.420 e. The summed E-state index contributed by atoms with van der Waals surface area (Å²) in [7, 11) is 0. The summed E-state index contributed by atoms with van der Waals surface area (Å²) in [5.41, 5.74) is 0.524. The normalized spacial score (nSPS) is 22.8. The molecule has 1 amide bonds. The fourth-order valence-corrected chi connectivity index (χ4v) is 4.60. The summed E-state index contributed by atoms with van der Waals surface area (Å²) in [4.78, 5) is 26.9. The summed E-state index contributed by atoms with van der Waals surface area (Å²) in [5.74, 6) is 1.06. The molecule has 2 N–H and O–H groups in total. The summed E-state index contributed by atoms with van der Waals surface area (Å²) >= 11 is 5.70. The minimum atomic E-state index is -4.62. The number of carboxylic acid groups (broad SMARTS) is 1. The van der Waals surface area contributed by atoms with Gasteiger partial charge in [-0.2, -0.15) is 13.2 Å². The lowest BCUT2D eigenvalue weighted by atomic mass is 10.1. The van der Waals surface area contributed by atoms with E-state index >= 15 is 0 Å². The second-order valence-corrected chi connectivity index (χ2v) is 8.41. The summed E-state index contributed by atoms with van der Waals surface area (Å²) < 4.78 is 38.6. The van der Waals surface area contributed by atoms with Crippen LogP contribution in [0.15, 0.2) is 18.5 Å². The van der Waals surface area contributed by atoms with E-state index in [1.165, 1.54) is 4.90 Å². The Labute approximate surface area is 180 Å². The summed E-state index contributed by atoms with van der Waals surface area (Å²) in [6, 6.07) is 2.03. The largest absolute Gasteiger partial charge is 0.465 e. The van der Waals surface area contributed by atoms with Gasteiger partial charge in [-0.3, -0.25) is 0 Å². The predicted octanol–water partition coefficient (Wildman–Crippen LogP) is 4.11. The van der Waals surface area contributed by atoms with Gasteiger partial charge in [-0.25, -0.2) is 19.7 Å². The SMILES string of the molecule is O=C(O)N1C[C@H]2C[C@@H]1CN2c1cc(C2CC2)c(Nc2ncc(C(F)(F)F)c(Cl)n2)cn1. The lowest BCUT2D eigenvalue weighted by molar-refractivity contribution is -0.137. The van der Waals surface area contributed by atoms with Crippen molar-refractivity contribution in [2.24, 2.45) is 0 Å². The Morgan fingerprint density at radius 2 is 1.97 bits per heavy atom. The molecule has 2 aliphatic heterocycles. The molecule has 164 valence electrons. The number of alkyl halides is 3. The minimum absolute atomic E-state index is 0.0332. The number of anilines is 3. The van der Waals surface area contributed by atoms with Crippen LogP contribution in [0.4, 0.5) is 35.4 Å². The average Bonchev–Trinajstić information content (AvgIpc) is 3.34. The van der Waals surface area contributed by atoms with E-state index in [-0.39, 0.29) is 18.0 Å². The van der Waals surface area contributed by atoms with Crippen LogP contribution in [-0.2, 0) is 6.18 Å². The van der Waals surface area contributed by atoms with Crippen molar-refractivity contribution in [3.8, 4) is 0 Å². The van der Waals surface area contributed by atoms with Gasteiger partial charge in [-0.15, -0.1) is 0 Å². The van der Waals surface area contributed by atoms with Gasteiger partial charge < -0.3 is 20.2 Å². The monoisotopic (exact) mass is 454 g/mol. The molecule has 3 aliphatic rings. The van der Waals surface area contributed by atoms with Gasteiger partial charge in [-0.1, -0.05) is 11.6 Å². The Balaban J connectivity index is 1.38. The maximum Gasteiger partial charge on any atom is 0.420 e. The number of amides is 1. The van der Waals surface area contributed by atoms with Crippen LogP contribution in [0.2, 0.25) is 5.15 Å². The van der Waals surface area contributed by atoms with Crippen molar-refractivity contribution in [3.63, 3.8) is 0 Å². The van der Waals surface area contributed by atoms with Crippen LogP contribution < -0.4 is 10.2 Å². The molecule has 1 aliphatic carbocycles. The second-order valence-electron chi connectivity index (χ2n) is 8.06. The van der Waals surface area contributed by atoms with Crippen molar-refractivity contribution in [3.05, 3.63) is 34.7 Å². The van der Waals surface area contributed by atoms with Gasteiger partial charge in [0.05, 0.1) is 24.0 Å². The fourth-order valence-electron chi connectivity index (χ4n) is 4.37. The van der Waals surface area contributed by atoms with Crippen molar-refractivity contribution >= 4 is 35.1 Å². The van der Waals surface area contributed by atoms with Crippen molar-refractivity contribution < 1.29 is 23.1 Å². The lowest BCUT2D eigenvalue weighted by Gasteiger charge is -2.33. The molecular weight excluding hydrogens is 437 g/mol. The number of aromatic nitrogens is 3. The number of hydrogen-bond acceptors (Lipinski definition) is 6. The van der Waals surface area contributed by atoms with Crippen LogP contribution in [0, 0.1) is 0 Å².